The molecule has 1 heterocycles. The largest absolute Gasteiger partial charge is 0.459 e. The highest BCUT2D eigenvalue weighted by Crippen LogP contribution is 2.40. The molecule has 2 aromatic rings. The minimum atomic E-state index is -0.0106. The van der Waals surface area contributed by atoms with E-state index >= 15 is 0 Å². The molecule has 0 bridgehead atoms. The maximum Gasteiger partial charge on any atom is 0.135 e. The predicted octanol–water partition coefficient (Wildman–Crippen LogP) is 4.46. The van der Waals surface area contributed by atoms with E-state index in [-0.39, 0.29) is 5.41 Å². The number of hydrogen-bond donors (Lipinski definition) is 1. The zero-order valence-electron chi connectivity index (χ0n) is 11.6. The zero-order chi connectivity index (χ0) is 13.7. The SMILES string of the molecule is Cc1cc2oc(CN)c(C(C)(C)C)c2c(C)c1Cl. The van der Waals surface area contributed by atoms with Crippen molar-refractivity contribution < 1.29 is 4.42 Å². The summed E-state index contributed by atoms with van der Waals surface area (Å²) in [5.41, 5.74) is 9.99. The summed E-state index contributed by atoms with van der Waals surface area (Å²) in [5, 5.41) is 1.94. The van der Waals surface area contributed by atoms with E-state index in [1.807, 2.05) is 19.9 Å². The average Bonchev–Trinajstić information content (AvgIpc) is 2.64. The molecule has 0 aliphatic rings. The summed E-state index contributed by atoms with van der Waals surface area (Å²) in [6.07, 6.45) is 0. The van der Waals surface area contributed by atoms with Crippen molar-refractivity contribution in [3.63, 3.8) is 0 Å². The number of aryl methyl sites for hydroxylation is 2. The number of fused-ring (bicyclic) bond motifs is 1. The highest BCUT2D eigenvalue weighted by atomic mass is 35.5. The van der Waals surface area contributed by atoms with Crippen molar-refractivity contribution in [2.24, 2.45) is 5.73 Å². The Morgan fingerprint density at radius 3 is 2.39 bits per heavy atom. The van der Waals surface area contributed by atoms with Gasteiger partial charge in [0.05, 0.1) is 6.54 Å². The zero-order valence-corrected chi connectivity index (χ0v) is 12.4. The molecular formula is C15H20ClNO. The molecule has 0 amide bonds. The van der Waals surface area contributed by atoms with Crippen molar-refractivity contribution in [2.75, 3.05) is 0 Å². The smallest absolute Gasteiger partial charge is 0.135 e. The van der Waals surface area contributed by atoms with Crippen LogP contribution >= 0.6 is 11.6 Å². The van der Waals surface area contributed by atoms with Gasteiger partial charge in [0.15, 0.2) is 0 Å². The van der Waals surface area contributed by atoms with E-state index in [4.69, 9.17) is 21.8 Å². The molecule has 0 unspecified atom stereocenters. The van der Waals surface area contributed by atoms with Gasteiger partial charge in [-0.1, -0.05) is 32.4 Å². The van der Waals surface area contributed by atoms with Crippen LogP contribution in [-0.4, -0.2) is 0 Å². The Morgan fingerprint density at radius 2 is 1.89 bits per heavy atom. The van der Waals surface area contributed by atoms with Crippen molar-refractivity contribution in [3.05, 3.63) is 33.5 Å². The fourth-order valence-corrected chi connectivity index (χ4v) is 2.72. The fraction of sp³-hybridized carbons (Fsp3) is 0.467. The standard InChI is InChI=1S/C15H20ClNO/c1-8-6-10-12(9(2)14(8)16)13(15(3,4)5)11(7-17)18-10/h6H,7,17H2,1-5H3. The molecule has 0 spiro atoms. The predicted molar refractivity (Wildman–Crippen MR) is 77.3 cm³/mol. The Bertz CT molecular complexity index is 605. The van der Waals surface area contributed by atoms with E-state index in [1.165, 1.54) is 5.56 Å². The van der Waals surface area contributed by atoms with Crippen molar-refractivity contribution in [2.45, 2.75) is 46.6 Å². The van der Waals surface area contributed by atoms with Crippen molar-refractivity contribution in [1.82, 2.24) is 0 Å². The van der Waals surface area contributed by atoms with Crippen LogP contribution in [0.2, 0.25) is 5.02 Å². The third kappa shape index (κ3) is 1.94. The molecule has 2 rings (SSSR count). The molecule has 0 saturated heterocycles. The molecule has 2 N–H and O–H groups in total. The molecule has 98 valence electrons. The molecule has 1 aromatic heterocycles. The number of halogens is 1. The van der Waals surface area contributed by atoms with Crippen LogP contribution in [0.3, 0.4) is 0 Å². The van der Waals surface area contributed by atoms with Gasteiger partial charge in [0, 0.05) is 16.0 Å². The molecule has 2 nitrogen and oxygen atoms in total. The van der Waals surface area contributed by atoms with Gasteiger partial charge < -0.3 is 10.2 Å². The highest BCUT2D eigenvalue weighted by molar-refractivity contribution is 6.33. The van der Waals surface area contributed by atoms with E-state index in [0.29, 0.717) is 6.54 Å². The van der Waals surface area contributed by atoms with E-state index < -0.39 is 0 Å². The lowest BCUT2D eigenvalue weighted by atomic mass is 9.83. The second-order valence-corrected chi connectivity index (χ2v) is 6.24. The first-order valence-electron chi connectivity index (χ1n) is 6.19. The van der Waals surface area contributed by atoms with Crippen LogP contribution in [0.15, 0.2) is 10.5 Å². The van der Waals surface area contributed by atoms with E-state index in [2.05, 4.69) is 20.8 Å². The maximum absolute atomic E-state index is 6.36. The molecule has 0 atom stereocenters. The minimum Gasteiger partial charge on any atom is -0.459 e. The lowest BCUT2D eigenvalue weighted by Crippen LogP contribution is -2.14. The first-order valence-corrected chi connectivity index (χ1v) is 6.56. The van der Waals surface area contributed by atoms with Gasteiger partial charge in [-0.3, -0.25) is 0 Å². The number of nitrogens with two attached hydrogens (primary N) is 1. The van der Waals surface area contributed by atoms with Crippen molar-refractivity contribution in [1.29, 1.82) is 0 Å². The Labute approximate surface area is 113 Å². The lowest BCUT2D eigenvalue weighted by Gasteiger charge is -2.20. The number of rotatable bonds is 1. The fourth-order valence-electron chi connectivity index (χ4n) is 2.57. The van der Waals surface area contributed by atoms with E-state index in [0.717, 1.165) is 32.9 Å². The van der Waals surface area contributed by atoms with E-state index in [9.17, 15) is 0 Å². The molecule has 0 aliphatic carbocycles. The molecule has 3 heteroatoms. The third-order valence-electron chi connectivity index (χ3n) is 3.34. The Hall–Kier alpha value is -0.990. The average molecular weight is 266 g/mol. The number of furan rings is 1. The second kappa shape index (κ2) is 4.29. The third-order valence-corrected chi connectivity index (χ3v) is 3.92. The van der Waals surface area contributed by atoms with Crippen LogP contribution in [0, 0.1) is 13.8 Å². The van der Waals surface area contributed by atoms with Crippen LogP contribution in [0.25, 0.3) is 11.0 Å². The van der Waals surface area contributed by atoms with Crippen LogP contribution in [0.4, 0.5) is 0 Å². The summed E-state index contributed by atoms with van der Waals surface area (Å²) in [5.74, 6) is 0.863. The van der Waals surface area contributed by atoms with Crippen LogP contribution in [0.1, 0.15) is 43.2 Å². The Morgan fingerprint density at radius 1 is 1.28 bits per heavy atom. The van der Waals surface area contributed by atoms with E-state index in [1.54, 1.807) is 0 Å². The van der Waals surface area contributed by atoms with Gasteiger partial charge in [0.25, 0.3) is 0 Å². The topological polar surface area (TPSA) is 39.2 Å². The lowest BCUT2D eigenvalue weighted by molar-refractivity contribution is 0.511. The summed E-state index contributed by atoms with van der Waals surface area (Å²) < 4.78 is 5.91. The monoisotopic (exact) mass is 265 g/mol. The molecular weight excluding hydrogens is 246 g/mol. The van der Waals surface area contributed by atoms with Gasteiger partial charge in [-0.15, -0.1) is 0 Å². The van der Waals surface area contributed by atoms with Gasteiger partial charge >= 0.3 is 0 Å². The van der Waals surface area contributed by atoms with Gasteiger partial charge in [-0.25, -0.2) is 0 Å². The second-order valence-electron chi connectivity index (χ2n) is 5.86. The molecule has 18 heavy (non-hydrogen) atoms. The molecule has 0 fully saturated rings. The van der Waals surface area contributed by atoms with Crippen molar-refractivity contribution in [3.8, 4) is 0 Å². The summed E-state index contributed by atoms with van der Waals surface area (Å²) in [6, 6.07) is 2.00. The molecule has 1 aromatic carbocycles. The number of hydrogen-bond acceptors (Lipinski definition) is 2. The Balaban J connectivity index is 2.95. The quantitative estimate of drug-likeness (QED) is 0.827. The number of benzene rings is 1. The minimum absolute atomic E-state index is 0.0106. The molecule has 0 aliphatic heterocycles. The van der Waals surface area contributed by atoms with Gasteiger partial charge in [-0.05, 0) is 36.5 Å². The van der Waals surface area contributed by atoms with Gasteiger partial charge in [0.1, 0.15) is 11.3 Å². The van der Waals surface area contributed by atoms with Crippen LogP contribution < -0.4 is 5.73 Å². The van der Waals surface area contributed by atoms with Crippen molar-refractivity contribution >= 4 is 22.6 Å². The summed E-state index contributed by atoms with van der Waals surface area (Å²) in [4.78, 5) is 0. The van der Waals surface area contributed by atoms with Crippen LogP contribution in [0.5, 0.6) is 0 Å². The molecule has 0 saturated carbocycles. The Kier molecular flexibility index (Phi) is 3.20. The maximum atomic E-state index is 6.36. The first-order chi connectivity index (χ1) is 8.27. The summed E-state index contributed by atoms with van der Waals surface area (Å²) in [6.45, 7) is 11.0. The summed E-state index contributed by atoms with van der Waals surface area (Å²) in [7, 11) is 0. The first kappa shape index (κ1) is 13.4. The highest BCUT2D eigenvalue weighted by Gasteiger charge is 2.26. The van der Waals surface area contributed by atoms with Gasteiger partial charge in [-0.2, -0.15) is 0 Å². The van der Waals surface area contributed by atoms with Crippen LogP contribution in [-0.2, 0) is 12.0 Å². The normalized spacial score (nSPS) is 12.4. The summed E-state index contributed by atoms with van der Waals surface area (Å²) >= 11 is 6.36. The van der Waals surface area contributed by atoms with Gasteiger partial charge in [0.2, 0.25) is 0 Å². The molecule has 0 radical (unpaired) electrons.